The minimum absolute atomic E-state index is 0.00724. The third-order valence-corrected chi connectivity index (χ3v) is 11.3. The average molecular weight is 865 g/mol. The monoisotopic (exact) mass is 864 g/mol. The summed E-state index contributed by atoms with van der Waals surface area (Å²) >= 11 is 0. The van der Waals surface area contributed by atoms with Gasteiger partial charge in [0.25, 0.3) is 29.9 Å². The third kappa shape index (κ3) is 10.5. The molecule has 2 saturated carbocycles. The van der Waals surface area contributed by atoms with E-state index in [9.17, 15) is 32.8 Å². The van der Waals surface area contributed by atoms with Crippen molar-refractivity contribution in [1.29, 1.82) is 0 Å². The summed E-state index contributed by atoms with van der Waals surface area (Å²) in [5.41, 5.74) is 0.769. The summed E-state index contributed by atoms with van der Waals surface area (Å²) < 4.78 is 41.2. The van der Waals surface area contributed by atoms with E-state index in [4.69, 9.17) is 9.15 Å². The number of hydrogen-bond donors (Lipinski definition) is 5. The van der Waals surface area contributed by atoms with Crippen LogP contribution in [-0.4, -0.2) is 87.4 Å². The van der Waals surface area contributed by atoms with Gasteiger partial charge in [-0.05, 0) is 99.4 Å². The Morgan fingerprint density at radius 3 is 2.52 bits per heavy atom. The molecule has 3 aromatic heterocycles. The highest BCUT2D eigenvalue weighted by atomic mass is 19.3. The number of hydrogen-bond acceptors (Lipinski definition) is 12. The number of ether oxygens (including phenoxy) is 1. The van der Waals surface area contributed by atoms with E-state index in [2.05, 4.69) is 41.2 Å². The standard InChI is InChI=1S/C44H46F2N10O7/c1-55(18-17-48-44(61)50-21-26-9-13-30(14-10-26)63-34-4-2-3-31-36(34)41(59)53-42(60)38(31)57)22-27-7-11-29(12-8-27)56-23-32(37(54-56)39(45)46)51-40(58)33-24-62-43(52-33)28-15-16-47-35(19-28)49-20-25-5-6-25/h2-4,9-10,13-16,19,23-25,27,29,39H,5-8,11-12,17-18,20-22H2,1H3,(H,47,49)(H,51,58)(H2,48,50,61)(H,53,59,60)/t27-,29-. The molecule has 0 atom stereocenters. The maximum Gasteiger partial charge on any atom is 0.315 e. The molecule has 328 valence electrons. The van der Waals surface area contributed by atoms with E-state index in [-0.39, 0.29) is 52.8 Å². The van der Waals surface area contributed by atoms with Crippen LogP contribution in [0.2, 0.25) is 0 Å². The number of fused-ring (bicyclic) bond motifs is 1. The third-order valence-electron chi connectivity index (χ3n) is 11.3. The molecular formula is C44H46F2N10O7. The predicted molar refractivity (Wildman–Crippen MR) is 225 cm³/mol. The number of halogens is 2. The molecule has 5 aromatic rings. The van der Waals surface area contributed by atoms with Gasteiger partial charge < -0.3 is 35.3 Å². The summed E-state index contributed by atoms with van der Waals surface area (Å²) in [7, 11) is 1.99. The van der Waals surface area contributed by atoms with E-state index in [0.29, 0.717) is 42.1 Å². The van der Waals surface area contributed by atoms with Crippen LogP contribution in [0.3, 0.4) is 0 Å². The van der Waals surface area contributed by atoms with Gasteiger partial charge >= 0.3 is 6.03 Å². The molecular weight excluding hydrogens is 819 g/mol. The molecule has 1 aliphatic heterocycles. The summed E-state index contributed by atoms with van der Waals surface area (Å²) in [6, 6.07) is 14.4. The molecule has 5 amide bonds. The molecule has 0 bridgehead atoms. The Labute approximate surface area is 360 Å². The predicted octanol–water partition coefficient (Wildman–Crippen LogP) is 6.35. The number of nitrogens with one attached hydrogen (secondary N) is 5. The molecule has 2 aromatic carbocycles. The van der Waals surface area contributed by atoms with Crippen molar-refractivity contribution in [3.63, 3.8) is 0 Å². The molecule has 0 unspecified atom stereocenters. The van der Waals surface area contributed by atoms with Crippen molar-refractivity contribution in [3.05, 3.63) is 101 Å². The smallest absolute Gasteiger partial charge is 0.315 e. The van der Waals surface area contributed by atoms with Crippen LogP contribution in [0.4, 0.5) is 25.1 Å². The van der Waals surface area contributed by atoms with E-state index in [1.807, 2.05) is 12.4 Å². The first-order chi connectivity index (χ1) is 30.5. The number of pyridine rings is 1. The Hall–Kier alpha value is -7.02. The minimum atomic E-state index is -2.90. The Bertz CT molecular complexity index is 2500. The van der Waals surface area contributed by atoms with Gasteiger partial charge in [-0.15, -0.1) is 0 Å². The number of imide groups is 1. The van der Waals surface area contributed by atoms with Gasteiger partial charge in [-0.1, -0.05) is 18.2 Å². The quantitative estimate of drug-likeness (QED) is 0.0511. The fourth-order valence-corrected chi connectivity index (χ4v) is 7.69. The highest BCUT2D eigenvalue weighted by molar-refractivity contribution is 6.49. The summed E-state index contributed by atoms with van der Waals surface area (Å²) in [5, 5.41) is 17.8. The number of alkyl halides is 2. The number of carbonyl (C=O) groups is 5. The summed E-state index contributed by atoms with van der Waals surface area (Å²) in [4.78, 5) is 72.7. The first-order valence-corrected chi connectivity index (χ1v) is 20.8. The van der Waals surface area contributed by atoms with Crippen LogP contribution in [0.5, 0.6) is 11.5 Å². The second-order valence-corrected chi connectivity index (χ2v) is 16.0. The lowest BCUT2D eigenvalue weighted by atomic mass is 9.86. The lowest BCUT2D eigenvalue weighted by Crippen LogP contribution is -2.42. The number of likely N-dealkylation sites (N-methyl/N-ethyl adjacent to an activating group) is 1. The van der Waals surface area contributed by atoms with Gasteiger partial charge in [-0.25, -0.2) is 23.5 Å². The molecule has 19 heteroatoms. The molecule has 17 nitrogen and oxygen atoms in total. The van der Waals surface area contributed by atoms with Gasteiger partial charge in [-0.3, -0.25) is 29.2 Å². The molecule has 0 saturated heterocycles. The molecule has 8 rings (SSSR count). The number of nitrogens with zero attached hydrogens (tertiary/aromatic N) is 5. The van der Waals surface area contributed by atoms with Crippen molar-refractivity contribution in [2.75, 3.05) is 43.9 Å². The molecule has 5 N–H and O–H groups in total. The molecule has 0 spiro atoms. The highest BCUT2D eigenvalue weighted by Crippen LogP contribution is 2.36. The van der Waals surface area contributed by atoms with Crippen LogP contribution in [-0.2, 0) is 11.3 Å². The van der Waals surface area contributed by atoms with Crippen molar-refractivity contribution in [3.8, 4) is 23.0 Å². The fourth-order valence-electron chi connectivity index (χ4n) is 7.69. The van der Waals surface area contributed by atoms with Crippen LogP contribution in [0.1, 0.15) is 93.5 Å². The van der Waals surface area contributed by atoms with Crippen molar-refractivity contribution in [2.45, 2.75) is 57.5 Å². The SMILES string of the molecule is CN(CCNC(=O)NCc1ccc(Oc2cccc3c2C(=O)NC(=O)C3=O)cc1)C[C@H]1CC[C@H](n2cc(NC(=O)c3coc(-c4ccnc(NCC5CC5)c4)n3)c(C(F)F)n2)CC1. The second-order valence-electron chi connectivity index (χ2n) is 16.0. The molecule has 3 aliphatic rings. The number of urea groups is 1. The molecule has 2 fully saturated rings. The lowest BCUT2D eigenvalue weighted by molar-refractivity contribution is -0.116. The van der Waals surface area contributed by atoms with Crippen LogP contribution in [0, 0.1) is 11.8 Å². The van der Waals surface area contributed by atoms with Gasteiger partial charge in [0.2, 0.25) is 5.89 Å². The van der Waals surface area contributed by atoms with Gasteiger partial charge in [0.15, 0.2) is 11.4 Å². The highest BCUT2D eigenvalue weighted by Gasteiger charge is 2.33. The Balaban J connectivity index is 0.746. The largest absolute Gasteiger partial charge is 0.457 e. The average Bonchev–Trinajstić information content (AvgIpc) is 3.80. The summed E-state index contributed by atoms with van der Waals surface area (Å²) in [6.45, 7) is 2.93. The number of carbonyl (C=O) groups excluding carboxylic acids is 5. The number of ketones is 1. The number of amides is 5. The molecule has 63 heavy (non-hydrogen) atoms. The maximum absolute atomic E-state index is 14.1. The first kappa shape index (κ1) is 42.7. The first-order valence-electron chi connectivity index (χ1n) is 20.8. The number of rotatable bonds is 17. The second kappa shape index (κ2) is 18.9. The van der Waals surface area contributed by atoms with Gasteiger partial charge in [0.1, 0.15) is 23.6 Å². The zero-order chi connectivity index (χ0) is 44.0. The van der Waals surface area contributed by atoms with Crippen molar-refractivity contribution in [1.82, 2.24) is 40.6 Å². The van der Waals surface area contributed by atoms with Crippen LogP contribution in [0.25, 0.3) is 11.5 Å². The van der Waals surface area contributed by atoms with Crippen LogP contribution >= 0.6 is 0 Å². The van der Waals surface area contributed by atoms with Crippen LogP contribution in [0.15, 0.2) is 77.7 Å². The van der Waals surface area contributed by atoms with Gasteiger partial charge in [0.05, 0.1) is 17.3 Å². The van der Waals surface area contributed by atoms with E-state index < -0.39 is 35.6 Å². The van der Waals surface area contributed by atoms with E-state index in [1.54, 1.807) is 42.6 Å². The summed E-state index contributed by atoms with van der Waals surface area (Å²) in [6.07, 6.45) is 6.97. The molecule has 4 heterocycles. The van der Waals surface area contributed by atoms with E-state index in [1.165, 1.54) is 48.2 Å². The Kier molecular flexibility index (Phi) is 12.8. The zero-order valence-corrected chi connectivity index (χ0v) is 34.4. The summed E-state index contributed by atoms with van der Waals surface area (Å²) in [5.74, 6) is -0.736. The normalized spacial score (nSPS) is 17.3. The minimum Gasteiger partial charge on any atom is -0.457 e. The van der Waals surface area contributed by atoms with E-state index >= 15 is 0 Å². The van der Waals surface area contributed by atoms with E-state index in [0.717, 1.165) is 44.3 Å². The van der Waals surface area contributed by atoms with Gasteiger partial charge in [-0.2, -0.15) is 5.10 Å². The zero-order valence-electron chi connectivity index (χ0n) is 34.4. The maximum atomic E-state index is 14.1. The number of aromatic nitrogens is 4. The lowest BCUT2D eigenvalue weighted by Gasteiger charge is -2.31. The fraction of sp³-hybridized carbons (Fsp3) is 0.364. The number of anilines is 2. The van der Waals surface area contributed by atoms with Crippen molar-refractivity contribution in [2.24, 2.45) is 11.8 Å². The Morgan fingerprint density at radius 2 is 1.76 bits per heavy atom. The Morgan fingerprint density at radius 1 is 0.984 bits per heavy atom. The molecule has 2 aliphatic carbocycles. The topological polar surface area (TPSA) is 215 Å². The number of benzene rings is 2. The van der Waals surface area contributed by atoms with Crippen LogP contribution < -0.4 is 31.3 Å². The molecule has 0 radical (unpaired) electrons. The van der Waals surface area contributed by atoms with Gasteiger partial charge in [0, 0.05) is 56.2 Å². The number of oxazole rings is 1. The van der Waals surface area contributed by atoms with Crippen molar-refractivity contribution < 1.29 is 41.9 Å². The van der Waals surface area contributed by atoms with Crippen molar-refractivity contribution >= 4 is 41.0 Å². The number of Topliss-reactive ketones (excluding diaryl/α,β-unsaturated/α-hetero) is 1.